The summed E-state index contributed by atoms with van der Waals surface area (Å²) in [5, 5.41) is 8.44. The second-order valence-electron chi connectivity index (χ2n) is 7.59. The van der Waals surface area contributed by atoms with E-state index < -0.39 is 6.04 Å². The molecule has 7 nitrogen and oxygen atoms in total. The number of nitrogens with one attached hydrogen (secondary N) is 3. The quantitative estimate of drug-likeness (QED) is 0.455. The lowest BCUT2D eigenvalue weighted by molar-refractivity contribution is -0.127. The van der Waals surface area contributed by atoms with Gasteiger partial charge >= 0.3 is 0 Å². The Bertz CT molecular complexity index is 873. The fraction of sp³-hybridized carbons (Fsp3) is 0.375. The van der Waals surface area contributed by atoms with Gasteiger partial charge in [0, 0.05) is 11.7 Å². The Hall–Kier alpha value is -3.00. The zero-order chi connectivity index (χ0) is 23.3. The van der Waals surface area contributed by atoms with Crippen molar-refractivity contribution in [3.63, 3.8) is 0 Å². The number of hydrogen-bond donors (Lipinski definition) is 3. The standard InChI is InChI=1S/C24H31N3O4S/c1-17(2)25-22(28)15-18-9-11-19(12-10-18)26-24(30)21(13-14-32-3)27-23(29)16-31-20-7-5-4-6-8-20/h4-12,17,21H,13-16H2,1-3H3,(H,25,28)(H,26,30)(H,27,29). The van der Waals surface area contributed by atoms with Gasteiger partial charge in [0.25, 0.3) is 5.91 Å². The Morgan fingerprint density at radius 2 is 1.62 bits per heavy atom. The third-order valence-electron chi connectivity index (χ3n) is 4.41. The van der Waals surface area contributed by atoms with Crippen molar-refractivity contribution in [3.05, 3.63) is 60.2 Å². The Morgan fingerprint density at radius 3 is 2.25 bits per heavy atom. The van der Waals surface area contributed by atoms with Gasteiger partial charge in [-0.1, -0.05) is 30.3 Å². The maximum atomic E-state index is 12.8. The van der Waals surface area contributed by atoms with Crippen LogP contribution < -0.4 is 20.7 Å². The summed E-state index contributed by atoms with van der Waals surface area (Å²) in [6.45, 7) is 3.66. The summed E-state index contributed by atoms with van der Waals surface area (Å²) in [6.07, 6.45) is 2.72. The van der Waals surface area contributed by atoms with Gasteiger partial charge in [-0.15, -0.1) is 0 Å². The minimum Gasteiger partial charge on any atom is -0.484 e. The summed E-state index contributed by atoms with van der Waals surface area (Å²) in [5.74, 6) is 0.616. The van der Waals surface area contributed by atoms with E-state index in [-0.39, 0.29) is 36.8 Å². The number of thioether (sulfide) groups is 1. The van der Waals surface area contributed by atoms with E-state index in [1.54, 1.807) is 48.2 Å². The smallest absolute Gasteiger partial charge is 0.258 e. The highest BCUT2D eigenvalue weighted by Crippen LogP contribution is 2.12. The summed E-state index contributed by atoms with van der Waals surface area (Å²) in [5.41, 5.74) is 1.46. The molecule has 2 aromatic carbocycles. The third-order valence-corrected chi connectivity index (χ3v) is 5.06. The molecule has 0 aromatic heterocycles. The highest BCUT2D eigenvalue weighted by molar-refractivity contribution is 7.98. The molecule has 0 bridgehead atoms. The molecule has 0 saturated carbocycles. The number of ether oxygens (including phenoxy) is 1. The van der Waals surface area contributed by atoms with E-state index in [0.717, 1.165) is 11.3 Å². The predicted octanol–water partition coefficient (Wildman–Crippen LogP) is 3.01. The lowest BCUT2D eigenvalue weighted by Crippen LogP contribution is -2.45. The lowest BCUT2D eigenvalue weighted by Gasteiger charge is -2.18. The Kier molecular flexibility index (Phi) is 10.6. The first-order valence-corrected chi connectivity index (χ1v) is 11.9. The van der Waals surface area contributed by atoms with Crippen LogP contribution in [0, 0.1) is 0 Å². The first-order valence-electron chi connectivity index (χ1n) is 10.5. The highest BCUT2D eigenvalue weighted by Gasteiger charge is 2.21. The average Bonchev–Trinajstić information content (AvgIpc) is 2.76. The monoisotopic (exact) mass is 457 g/mol. The van der Waals surface area contributed by atoms with Crippen LogP contribution in [0.4, 0.5) is 5.69 Å². The molecule has 0 saturated heterocycles. The van der Waals surface area contributed by atoms with Crippen molar-refractivity contribution in [1.82, 2.24) is 10.6 Å². The molecule has 172 valence electrons. The molecule has 32 heavy (non-hydrogen) atoms. The summed E-state index contributed by atoms with van der Waals surface area (Å²) in [4.78, 5) is 37.0. The summed E-state index contributed by atoms with van der Waals surface area (Å²) in [7, 11) is 0. The molecule has 3 amide bonds. The number of carbonyl (C=O) groups is 3. The number of anilines is 1. The minimum absolute atomic E-state index is 0.0469. The van der Waals surface area contributed by atoms with Crippen LogP contribution in [0.1, 0.15) is 25.8 Å². The predicted molar refractivity (Wildman–Crippen MR) is 129 cm³/mol. The van der Waals surface area contributed by atoms with Gasteiger partial charge in [-0.05, 0) is 62.1 Å². The van der Waals surface area contributed by atoms with Crippen LogP contribution >= 0.6 is 11.8 Å². The van der Waals surface area contributed by atoms with E-state index in [9.17, 15) is 14.4 Å². The molecule has 0 spiro atoms. The zero-order valence-electron chi connectivity index (χ0n) is 18.7. The van der Waals surface area contributed by atoms with E-state index in [0.29, 0.717) is 17.9 Å². The largest absolute Gasteiger partial charge is 0.484 e. The van der Waals surface area contributed by atoms with E-state index in [1.807, 2.05) is 38.3 Å². The second kappa shape index (κ2) is 13.4. The van der Waals surface area contributed by atoms with Gasteiger partial charge in [0.15, 0.2) is 6.61 Å². The Balaban J connectivity index is 1.90. The zero-order valence-corrected chi connectivity index (χ0v) is 19.5. The van der Waals surface area contributed by atoms with Crippen molar-refractivity contribution >= 4 is 35.2 Å². The van der Waals surface area contributed by atoms with Gasteiger partial charge < -0.3 is 20.7 Å². The summed E-state index contributed by atoms with van der Waals surface area (Å²) in [6, 6.07) is 15.6. The Morgan fingerprint density at radius 1 is 0.938 bits per heavy atom. The number of amides is 3. The first kappa shape index (κ1) is 25.3. The maximum Gasteiger partial charge on any atom is 0.258 e. The molecule has 0 aliphatic heterocycles. The molecule has 2 aromatic rings. The third kappa shape index (κ3) is 9.43. The number of carbonyl (C=O) groups excluding carboxylic acids is 3. The van der Waals surface area contributed by atoms with Crippen molar-refractivity contribution in [2.24, 2.45) is 0 Å². The molecule has 3 N–H and O–H groups in total. The average molecular weight is 458 g/mol. The maximum absolute atomic E-state index is 12.8. The van der Waals surface area contributed by atoms with E-state index in [2.05, 4.69) is 16.0 Å². The van der Waals surface area contributed by atoms with Crippen LogP contribution in [0.5, 0.6) is 5.75 Å². The van der Waals surface area contributed by atoms with Crippen molar-refractivity contribution in [1.29, 1.82) is 0 Å². The molecule has 1 atom stereocenters. The molecule has 0 radical (unpaired) electrons. The van der Waals surface area contributed by atoms with Crippen LogP contribution in [0.2, 0.25) is 0 Å². The number of rotatable bonds is 12. The van der Waals surface area contributed by atoms with Crippen molar-refractivity contribution < 1.29 is 19.1 Å². The SMILES string of the molecule is CSCCC(NC(=O)COc1ccccc1)C(=O)Nc1ccc(CC(=O)NC(C)C)cc1. The molecule has 0 aliphatic carbocycles. The Labute approximate surface area is 193 Å². The van der Waals surface area contributed by atoms with E-state index in [1.165, 1.54) is 0 Å². The normalized spacial score (nSPS) is 11.5. The topological polar surface area (TPSA) is 96.5 Å². The van der Waals surface area contributed by atoms with E-state index >= 15 is 0 Å². The van der Waals surface area contributed by atoms with Crippen molar-refractivity contribution in [2.75, 3.05) is 23.9 Å². The van der Waals surface area contributed by atoms with Crippen LogP contribution in [0.25, 0.3) is 0 Å². The van der Waals surface area contributed by atoms with Gasteiger partial charge in [0.05, 0.1) is 6.42 Å². The lowest BCUT2D eigenvalue weighted by atomic mass is 10.1. The highest BCUT2D eigenvalue weighted by atomic mass is 32.2. The molecule has 0 fully saturated rings. The molecular weight excluding hydrogens is 426 g/mol. The number of para-hydroxylation sites is 1. The van der Waals surface area contributed by atoms with Gasteiger partial charge in [0.2, 0.25) is 11.8 Å². The van der Waals surface area contributed by atoms with Gasteiger partial charge in [-0.3, -0.25) is 14.4 Å². The van der Waals surface area contributed by atoms with Crippen LogP contribution in [-0.2, 0) is 20.8 Å². The van der Waals surface area contributed by atoms with Gasteiger partial charge in [-0.25, -0.2) is 0 Å². The van der Waals surface area contributed by atoms with E-state index in [4.69, 9.17) is 4.74 Å². The fourth-order valence-corrected chi connectivity index (χ4v) is 3.37. The van der Waals surface area contributed by atoms with Crippen LogP contribution in [-0.4, -0.2) is 48.4 Å². The van der Waals surface area contributed by atoms with Crippen LogP contribution in [0.15, 0.2) is 54.6 Å². The van der Waals surface area contributed by atoms with Crippen molar-refractivity contribution in [2.45, 2.75) is 38.8 Å². The summed E-state index contributed by atoms with van der Waals surface area (Å²) >= 11 is 1.60. The van der Waals surface area contributed by atoms with Crippen molar-refractivity contribution in [3.8, 4) is 5.75 Å². The molecule has 0 heterocycles. The van der Waals surface area contributed by atoms with Crippen LogP contribution in [0.3, 0.4) is 0 Å². The second-order valence-corrected chi connectivity index (χ2v) is 8.57. The van der Waals surface area contributed by atoms with Gasteiger partial charge in [-0.2, -0.15) is 11.8 Å². The van der Waals surface area contributed by atoms with Gasteiger partial charge in [0.1, 0.15) is 11.8 Å². The fourth-order valence-electron chi connectivity index (χ4n) is 2.90. The molecule has 0 aliphatic rings. The molecule has 1 unspecified atom stereocenters. The number of benzene rings is 2. The first-order chi connectivity index (χ1) is 15.4. The minimum atomic E-state index is -0.675. The molecular formula is C24H31N3O4S. The molecule has 2 rings (SSSR count). The number of hydrogen-bond acceptors (Lipinski definition) is 5. The molecule has 8 heteroatoms. The summed E-state index contributed by atoms with van der Waals surface area (Å²) < 4.78 is 5.46.